The number of benzene rings is 1. The third-order valence-electron chi connectivity index (χ3n) is 3.10. The Morgan fingerprint density at radius 1 is 1.04 bits per heavy atom. The Morgan fingerprint density at radius 3 is 2.36 bits per heavy atom. The van der Waals surface area contributed by atoms with Crippen molar-refractivity contribution in [1.29, 1.82) is 0 Å². The normalized spacial score (nSPS) is 10.2. The van der Waals surface area contributed by atoms with Crippen LogP contribution in [0.25, 0.3) is 0 Å². The molecule has 2 aromatic rings. The second-order valence-corrected chi connectivity index (χ2v) is 6.05. The molecule has 1 aromatic heterocycles. The van der Waals surface area contributed by atoms with E-state index in [1.807, 2.05) is 5.32 Å². The van der Waals surface area contributed by atoms with Crippen molar-refractivity contribution < 1.29 is 37.4 Å². The molecule has 0 fully saturated rings. The van der Waals surface area contributed by atoms with Crippen molar-refractivity contribution in [2.45, 2.75) is 6.61 Å². The summed E-state index contributed by atoms with van der Waals surface area (Å²) < 4.78 is 32.9. The van der Waals surface area contributed by atoms with Gasteiger partial charge in [0.1, 0.15) is 12.3 Å². The summed E-state index contributed by atoms with van der Waals surface area (Å²) in [6.45, 7) is -4.17. The lowest BCUT2D eigenvalue weighted by Gasteiger charge is -2.07. The molecule has 8 nitrogen and oxygen atoms in total. The van der Waals surface area contributed by atoms with Gasteiger partial charge in [-0.1, -0.05) is 6.07 Å². The number of imide groups is 1. The topological polar surface area (TPSA) is 111 Å². The van der Waals surface area contributed by atoms with Crippen LogP contribution in [0.5, 0.6) is 5.75 Å². The molecular weight excluding hydrogens is 398 g/mol. The second-order valence-electron chi connectivity index (χ2n) is 5.10. The van der Waals surface area contributed by atoms with E-state index in [2.05, 4.69) is 14.8 Å². The molecule has 0 radical (unpaired) electrons. The summed E-state index contributed by atoms with van der Waals surface area (Å²) in [6.07, 6.45) is 0. The van der Waals surface area contributed by atoms with Crippen LogP contribution in [0.3, 0.4) is 0 Å². The molecule has 28 heavy (non-hydrogen) atoms. The van der Waals surface area contributed by atoms with Gasteiger partial charge in [-0.05, 0) is 35.7 Å². The van der Waals surface area contributed by atoms with Gasteiger partial charge in [0.15, 0.2) is 6.61 Å². The first-order valence-corrected chi connectivity index (χ1v) is 8.59. The Morgan fingerprint density at radius 2 is 1.75 bits per heavy atom. The number of carbonyl (C=O) groups excluding carboxylic acids is 4. The highest BCUT2D eigenvalue weighted by Gasteiger charge is 2.14. The summed E-state index contributed by atoms with van der Waals surface area (Å²) >= 11 is 1.20. The number of thiophene rings is 1. The van der Waals surface area contributed by atoms with Gasteiger partial charge in [-0.3, -0.25) is 24.5 Å². The minimum atomic E-state index is -2.99. The number of alkyl halides is 2. The molecule has 0 saturated heterocycles. The molecule has 0 spiro atoms. The number of hydrogen-bond acceptors (Lipinski definition) is 7. The van der Waals surface area contributed by atoms with Crippen LogP contribution >= 0.6 is 11.3 Å². The second kappa shape index (κ2) is 10.1. The number of esters is 1. The van der Waals surface area contributed by atoms with Gasteiger partial charge >= 0.3 is 12.6 Å². The summed E-state index contributed by atoms with van der Waals surface area (Å²) in [4.78, 5) is 47.1. The van der Waals surface area contributed by atoms with Gasteiger partial charge in [0.2, 0.25) is 0 Å². The van der Waals surface area contributed by atoms with Crippen molar-refractivity contribution in [1.82, 2.24) is 10.6 Å². The van der Waals surface area contributed by atoms with Crippen LogP contribution in [-0.4, -0.2) is 43.5 Å². The number of nitrogens with one attached hydrogen (secondary N) is 2. The number of hydrogen-bond donors (Lipinski definition) is 2. The molecule has 0 bridgehead atoms. The molecular formula is C17H14F2N2O6S. The van der Waals surface area contributed by atoms with Crippen molar-refractivity contribution >= 4 is 35.0 Å². The van der Waals surface area contributed by atoms with Crippen LogP contribution in [0.15, 0.2) is 41.8 Å². The zero-order chi connectivity index (χ0) is 20.5. The lowest BCUT2D eigenvalue weighted by Crippen LogP contribution is -2.36. The molecule has 148 valence electrons. The lowest BCUT2D eigenvalue weighted by molar-refractivity contribution is -0.147. The molecule has 2 N–H and O–H groups in total. The molecule has 0 atom stereocenters. The van der Waals surface area contributed by atoms with Gasteiger partial charge in [0, 0.05) is 5.56 Å². The number of rotatable bonds is 8. The van der Waals surface area contributed by atoms with E-state index in [4.69, 9.17) is 0 Å². The molecule has 2 rings (SSSR count). The van der Waals surface area contributed by atoms with Crippen molar-refractivity contribution in [3.8, 4) is 5.75 Å². The third-order valence-corrected chi connectivity index (χ3v) is 3.97. The number of carbonyl (C=O) groups is 4. The molecule has 3 amide bonds. The maximum Gasteiger partial charge on any atom is 0.387 e. The SMILES string of the molecule is O=C(COC(=O)CNC(=O)c1cccs1)NC(=O)c1ccc(OC(F)F)cc1. The van der Waals surface area contributed by atoms with Crippen molar-refractivity contribution in [3.05, 3.63) is 52.2 Å². The van der Waals surface area contributed by atoms with E-state index in [9.17, 15) is 28.0 Å². The predicted octanol–water partition coefficient (Wildman–Crippen LogP) is 1.58. The minimum absolute atomic E-state index is 0.0181. The van der Waals surface area contributed by atoms with E-state index in [-0.39, 0.29) is 11.3 Å². The van der Waals surface area contributed by atoms with Crippen LogP contribution in [-0.2, 0) is 14.3 Å². The maximum absolute atomic E-state index is 12.1. The monoisotopic (exact) mass is 412 g/mol. The number of halogens is 2. The fourth-order valence-electron chi connectivity index (χ4n) is 1.87. The van der Waals surface area contributed by atoms with Gasteiger partial charge in [-0.15, -0.1) is 11.3 Å². The first-order valence-electron chi connectivity index (χ1n) is 7.71. The summed E-state index contributed by atoms with van der Waals surface area (Å²) in [7, 11) is 0. The quantitative estimate of drug-likeness (QED) is 0.637. The average molecular weight is 412 g/mol. The molecule has 0 saturated carbocycles. The van der Waals surface area contributed by atoms with Crippen molar-refractivity contribution in [2.24, 2.45) is 0 Å². The molecule has 0 aliphatic heterocycles. The van der Waals surface area contributed by atoms with Crippen LogP contribution in [0.4, 0.5) is 8.78 Å². The maximum atomic E-state index is 12.1. The summed E-state index contributed by atoms with van der Waals surface area (Å²) in [5.41, 5.74) is 0.0181. The Kier molecular flexibility index (Phi) is 7.57. The van der Waals surface area contributed by atoms with Crippen LogP contribution in [0.1, 0.15) is 20.0 Å². The van der Waals surface area contributed by atoms with Crippen molar-refractivity contribution in [2.75, 3.05) is 13.2 Å². The fraction of sp³-hybridized carbons (Fsp3) is 0.176. The number of amides is 3. The van der Waals surface area contributed by atoms with Gasteiger partial charge in [-0.2, -0.15) is 8.78 Å². The molecule has 0 aliphatic carbocycles. The third kappa shape index (κ3) is 6.76. The first kappa shape index (κ1) is 21.0. The smallest absolute Gasteiger partial charge is 0.387 e. The van der Waals surface area contributed by atoms with Gasteiger partial charge in [-0.25, -0.2) is 0 Å². The zero-order valence-electron chi connectivity index (χ0n) is 14.1. The first-order chi connectivity index (χ1) is 13.3. The molecule has 1 heterocycles. The van der Waals surface area contributed by atoms with Gasteiger partial charge in [0.25, 0.3) is 17.7 Å². The van der Waals surface area contributed by atoms with Gasteiger partial charge in [0.05, 0.1) is 4.88 Å². The van der Waals surface area contributed by atoms with E-state index in [0.29, 0.717) is 4.88 Å². The predicted molar refractivity (Wildman–Crippen MR) is 93.2 cm³/mol. The Labute approximate surface area is 161 Å². The lowest BCUT2D eigenvalue weighted by atomic mass is 10.2. The van der Waals surface area contributed by atoms with E-state index >= 15 is 0 Å². The summed E-state index contributed by atoms with van der Waals surface area (Å²) in [5, 5.41) is 6.00. The van der Waals surface area contributed by atoms with E-state index in [1.54, 1.807) is 17.5 Å². The standard InChI is InChI=1S/C17H14F2N2O6S/c18-17(19)27-11-5-3-10(4-6-11)15(24)21-13(22)9-26-14(23)8-20-16(25)12-2-1-7-28-12/h1-7,17H,8-9H2,(H,20,25)(H,21,22,24). The van der Waals surface area contributed by atoms with Crippen LogP contribution < -0.4 is 15.4 Å². The Bertz CT molecular complexity index is 840. The van der Waals surface area contributed by atoms with E-state index in [0.717, 1.165) is 12.1 Å². The highest BCUT2D eigenvalue weighted by atomic mass is 32.1. The van der Waals surface area contributed by atoms with Gasteiger partial charge < -0.3 is 14.8 Å². The minimum Gasteiger partial charge on any atom is -0.454 e. The molecule has 11 heteroatoms. The molecule has 0 aliphatic rings. The van der Waals surface area contributed by atoms with Crippen molar-refractivity contribution in [3.63, 3.8) is 0 Å². The van der Waals surface area contributed by atoms with Crippen LogP contribution in [0, 0.1) is 0 Å². The highest BCUT2D eigenvalue weighted by molar-refractivity contribution is 7.12. The fourth-order valence-corrected chi connectivity index (χ4v) is 2.51. The number of ether oxygens (including phenoxy) is 2. The van der Waals surface area contributed by atoms with E-state index < -0.39 is 43.5 Å². The molecule has 0 unspecified atom stereocenters. The molecule has 1 aromatic carbocycles. The summed E-state index contributed by atoms with van der Waals surface area (Å²) in [5.74, 6) is -3.16. The Balaban J connectivity index is 1.71. The van der Waals surface area contributed by atoms with Crippen LogP contribution in [0.2, 0.25) is 0 Å². The average Bonchev–Trinajstić information content (AvgIpc) is 3.19. The van der Waals surface area contributed by atoms with E-state index in [1.165, 1.54) is 23.5 Å². The summed E-state index contributed by atoms with van der Waals surface area (Å²) in [6, 6.07) is 7.91. The highest BCUT2D eigenvalue weighted by Crippen LogP contribution is 2.14. The largest absolute Gasteiger partial charge is 0.454 e. The zero-order valence-corrected chi connectivity index (χ0v) is 15.0. The Hall–Kier alpha value is -3.34.